The van der Waals surface area contributed by atoms with Crippen LogP contribution >= 0.6 is 0 Å². The monoisotopic (exact) mass is 277 g/mol. The van der Waals surface area contributed by atoms with Crippen LogP contribution in [0.3, 0.4) is 0 Å². The molecule has 2 N–H and O–H groups in total. The summed E-state index contributed by atoms with van der Waals surface area (Å²) in [6.07, 6.45) is 1.03. The average Bonchev–Trinajstić information content (AvgIpc) is 2.79. The summed E-state index contributed by atoms with van der Waals surface area (Å²) in [5.41, 5.74) is 1.18. The first-order chi connectivity index (χ1) is 9.65. The predicted octanol–water partition coefficient (Wildman–Crippen LogP) is 1.37. The average molecular weight is 277 g/mol. The van der Waals surface area contributed by atoms with Crippen molar-refractivity contribution in [2.45, 2.75) is 25.9 Å². The van der Waals surface area contributed by atoms with Gasteiger partial charge in [0, 0.05) is 23.7 Å². The molecular formula is C16H20FNO2. The third kappa shape index (κ3) is 3.37. The summed E-state index contributed by atoms with van der Waals surface area (Å²) < 4.78 is 14.0. The summed E-state index contributed by atoms with van der Waals surface area (Å²) in [6, 6.07) is 5.00. The van der Waals surface area contributed by atoms with Gasteiger partial charge in [-0.25, -0.2) is 4.39 Å². The van der Waals surface area contributed by atoms with E-state index in [1.54, 1.807) is 12.1 Å². The fourth-order valence-corrected chi connectivity index (χ4v) is 2.69. The lowest BCUT2D eigenvalue weighted by atomic mass is 10.0. The van der Waals surface area contributed by atoms with Gasteiger partial charge in [0.25, 0.3) is 0 Å². The molecule has 1 aromatic rings. The van der Waals surface area contributed by atoms with Crippen molar-refractivity contribution in [2.75, 3.05) is 19.8 Å². The van der Waals surface area contributed by atoms with Gasteiger partial charge in [-0.3, -0.25) is 4.90 Å². The van der Waals surface area contributed by atoms with Gasteiger partial charge in [0.15, 0.2) is 0 Å². The Morgan fingerprint density at radius 3 is 2.85 bits per heavy atom. The minimum absolute atomic E-state index is 0.114. The lowest BCUT2D eigenvalue weighted by Gasteiger charge is -2.25. The molecule has 2 rings (SSSR count). The molecule has 2 unspecified atom stereocenters. The Morgan fingerprint density at radius 2 is 2.20 bits per heavy atom. The number of nitrogens with zero attached hydrogens (tertiary/aromatic N) is 1. The van der Waals surface area contributed by atoms with Gasteiger partial charge in [-0.05, 0) is 31.0 Å². The maximum absolute atomic E-state index is 14.0. The van der Waals surface area contributed by atoms with Crippen molar-refractivity contribution in [3.05, 3.63) is 35.1 Å². The molecule has 2 atom stereocenters. The SMILES string of the molecule is CC1CCN(Cc2ccc(C#CCO)cc2F)C1CO. The molecule has 1 fully saturated rings. The second-order valence-electron chi connectivity index (χ2n) is 5.25. The molecule has 0 bridgehead atoms. The van der Waals surface area contributed by atoms with Crippen LogP contribution in [0.5, 0.6) is 0 Å². The number of hydrogen-bond acceptors (Lipinski definition) is 3. The van der Waals surface area contributed by atoms with Crippen molar-refractivity contribution in [3.63, 3.8) is 0 Å². The van der Waals surface area contributed by atoms with E-state index in [-0.39, 0.29) is 25.1 Å². The zero-order valence-electron chi connectivity index (χ0n) is 11.6. The number of likely N-dealkylation sites (tertiary alicyclic amines) is 1. The Morgan fingerprint density at radius 1 is 1.40 bits per heavy atom. The highest BCUT2D eigenvalue weighted by Crippen LogP contribution is 2.26. The van der Waals surface area contributed by atoms with Gasteiger partial charge in [-0.2, -0.15) is 0 Å². The number of halogens is 1. The minimum atomic E-state index is -0.286. The maximum atomic E-state index is 14.0. The van der Waals surface area contributed by atoms with Crippen molar-refractivity contribution < 1.29 is 14.6 Å². The van der Waals surface area contributed by atoms with E-state index < -0.39 is 0 Å². The van der Waals surface area contributed by atoms with Gasteiger partial charge in [0.2, 0.25) is 0 Å². The third-order valence-corrected chi connectivity index (χ3v) is 3.92. The standard InChI is InChI=1S/C16H20FNO2/c1-12-6-7-18(16(12)11-20)10-14-5-4-13(3-2-8-19)9-15(14)17/h4-5,9,12,16,19-20H,6-8,10-11H2,1H3. The van der Waals surface area contributed by atoms with Crippen LogP contribution in [0.2, 0.25) is 0 Å². The van der Waals surface area contributed by atoms with Crippen LogP contribution < -0.4 is 0 Å². The van der Waals surface area contributed by atoms with E-state index in [1.807, 2.05) is 0 Å². The van der Waals surface area contributed by atoms with Gasteiger partial charge in [0.05, 0.1) is 6.61 Å². The molecule has 1 aliphatic rings. The Labute approximate surface area is 119 Å². The van der Waals surface area contributed by atoms with Gasteiger partial charge < -0.3 is 10.2 Å². The van der Waals surface area contributed by atoms with Crippen LogP contribution in [-0.2, 0) is 6.54 Å². The van der Waals surface area contributed by atoms with E-state index in [4.69, 9.17) is 5.11 Å². The zero-order chi connectivity index (χ0) is 14.5. The zero-order valence-corrected chi connectivity index (χ0v) is 11.6. The van der Waals surface area contributed by atoms with Crippen LogP contribution in [0.15, 0.2) is 18.2 Å². The lowest BCUT2D eigenvalue weighted by molar-refractivity contribution is 0.133. The number of benzene rings is 1. The van der Waals surface area contributed by atoms with E-state index in [2.05, 4.69) is 23.7 Å². The first-order valence-electron chi connectivity index (χ1n) is 6.88. The predicted molar refractivity (Wildman–Crippen MR) is 75.4 cm³/mol. The summed E-state index contributed by atoms with van der Waals surface area (Å²) in [6.45, 7) is 3.40. The quantitative estimate of drug-likeness (QED) is 0.820. The molecule has 108 valence electrons. The van der Waals surface area contributed by atoms with Crippen molar-refractivity contribution in [1.29, 1.82) is 0 Å². The van der Waals surface area contributed by atoms with E-state index >= 15 is 0 Å². The summed E-state index contributed by atoms with van der Waals surface area (Å²) >= 11 is 0. The van der Waals surface area contributed by atoms with E-state index in [9.17, 15) is 9.50 Å². The topological polar surface area (TPSA) is 43.7 Å². The summed E-state index contributed by atoms with van der Waals surface area (Å²) in [5, 5.41) is 18.0. The molecule has 1 aromatic carbocycles. The molecule has 0 aromatic heterocycles. The highest BCUT2D eigenvalue weighted by molar-refractivity contribution is 5.37. The second kappa shape index (κ2) is 6.85. The van der Waals surface area contributed by atoms with Gasteiger partial charge in [-0.15, -0.1) is 0 Å². The van der Waals surface area contributed by atoms with Crippen molar-refractivity contribution in [2.24, 2.45) is 5.92 Å². The Hall–Kier alpha value is -1.41. The molecule has 0 radical (unpaired) electrons. The smallest absolute Gasteiger partial charge is 0.128 e. The number of aliphatic hydroxyl groups excluding tert-OH is 2. The molecule has 20 heavy (non-hydrogen) atoms. The van der Waals surface area contributed by atoms with Gasteiger partial charge in [-0.1, -0.05) is 24.8 Å². The summed E-state index contributed by atoms with van der Waals surface area (Å²) in [7, 11) is 0. The van der Waals surface area contributed by atoms with Gasteiger partial charge in [0.1, 0.15) is 12.4 Å². The maximum Gasteiger partial charge on any atom is 0.128 e. The van der Waals surface area contributed by atoms with E-state index in [1.165, 1.54) is 6.07 Å². The Balaban J connectivity index is 2.10. The first-order valence-corrected chi connectivity index (χ1v) is 6.88. The second-order valence-corrected chi connectivity index (χ2v) is 5.25. The molecule has 1 saturated heterocycles. The number of hydrogen-bond donors (Lipinski definition) is 2. The number of rotatable bonds is 3. The molecule has 1 aliphatic heterocycles. The Kier molecular flexibility index (Phi) is 5.13. The molecule has 1 heterocycles. The molecule has 0 spiro atoms. The Bertz CT molecular complexity index is 521. The third-order valence-electron chi connectivity index (χ3n) is 3.92. The van der Waals surface area contributed by atoms with Crippen LogP contribution in [-0.4, -0.2) is 40.9 Å². The summed E-state index contributed by atoms with van der Waals surface area (Å²) in [4.78, 5) is 2.13. The van der Waals surface area contributed by atoms with Crippen LogP contribution in [0.25, 0.3) is 0 Å². The highest BCUT2D eigenvalue weighted by Gasteiger charge is 2.30. The van der Waals surface area contributed by atoms with Crippen LogP contribution in [0, 0.1) is 23.6 Å². The lowest BCUT2D eigenvalue weighted by Crippen LogP contribution is -2.34. The van der Waals surface area contributed by atoms with E-state index in [0.717, 1.165) is 13.0 Å². The fourth-order valence-electron chi connectivity index (χ4n) is 2.69. The van der Waals surface area contributed by atoms with Gasteiger partial charge >= 0.3 is 0 Å². The fraction of sp³-hybridized carbons (Fsp3) is 0.500. The van der Waals surface area contributed by atoms with Crippen LogP contribution in [0.1, 0.15) is 24.5 Å². The summed E-state index contributed by atoms with van der Waals surface area (Å²) in [5.74, 6) is 5.35. The first kappa shape index (κ1) is 15.0. The number of aliphatic hydroxyl groups is 2. The van der Waals surface area contributed by atoms with Crippen molar-refractivity contribution in [3.8, 4) is 11.8 Å². The molecule has 4 heteroatoms. The molecule has 0 amide bonds. The largest absolute Gasteiger partial charge is 0.395 e. The molecular weight excluding hydrogens is 257 g/mol. The molecule has 0 saturated carbocycles. The molecule has 0 aliphatic carbocycles. The van der Waals surface area contributed by atoms with Crippen molar-refractivity contribution in [1.82, 2.24) is 4.90 Å². The van der Waals surface area contributed by atoms with Crippen molar-refractivity contribution >= 4 is 0 Å². The highest BCUT2D eigenvalue weighted by atomic mass is 19.1. The van der Waals surface area contributed by atoms with Crippen LogP contribution in [0.4, 0.5) is 4.39 Å². The normalized spacial score (nSPS) is 22.6. The minimum Gasteiger partial charge on any atom is -0.395 e. The molecule has 3 nitrogen and oxygen atoms in total. The van der Waals surface area contributed by atoms with E-state index in [0.29, 0.717) is 23.6 Å².